The Labute approximate surface area is 223 Å². The average molecular weight is 526 g/mol. The molecule has 1 unspecified atom stereocenters. The number of rotatable bonds is 9. The molecule has 6 nitrogen and oxygen atoms in total. The fraction of sp³-hybridized carbons (Fsp3) is 0.533. The number of piperidine rings is 1. The first-order valence-electron chi connectivity index (χ1n) is 13.7. The fourth-order valence-corrected chi connectivity index (χ4v) is 7.16. The fourth-order valence-electron chi connectivity index (χ4n) is 5.50. The van der Waals surface area contributed by atoms with E-state index < -0.39 is 16.1 Å². The number of fused-ring (bicyclic) bond motifs is 1. The minimum absolute atomic E-state index is 0.163. The first-order chi connectivity index (χ1) is 17.6. The maximum absolute atomic E-state index is 13.9. The molecule has 1 saturated heterocycles. The molecule has 0 radical (unpaired) electrons. The summed E-state index contributed by atoms with van der Waals surface area (Å²) in [6.45, 7) is 16.5. The average Bonchev–Trinajstić information content (AvgIpc) is 2.89. The van der Waals surface area contributed by atoms with Gasteiger partial charge in [-0.2, -0.15) is 0 Å². The number of hydrogen-bond acceptors (Lipinski definition) is 5. The molecule has 0 bridgehead atoms. The first-order valence-corrected chi connectivity index (χ1v) is 15.1. The van der Waals surface area contributed by atoms with Gasteiger partial charge in [-0.25, -0.2) is 8.42 Å². The topological polar surface area (TPSA) is 64.1 Å². The van der Waals surface area contributed by atoms with Crippen molar-refractivity contribution >= 4 is 21.4 Å². The van der Waals surface area contributed by atoms with Crippen molar-refractivity contribution in [2.75, 3.05) is 41.9 Å². The molecule has 0 aromatic heterocycles. The van der Waals surface area contributed by atoms with Crippen LogP contribution in [0.4, 0.5) is 11.4 Å². The van der Waals surface area contributed by atoms with E-state index in [0.29, 0.717) is 24.6 Å². The molecule has 0 amide bonds. The van der Waals surface area contributed by atoms with Gasteiger partial charge in [0.2, 0.25) is 0 Å². The van der Waals surface area contributed by atoms with Gasteiger partial charge in [0.25, 0.3) is 10.0 Å². The maximum atomic E-state index is 13.9. The molecule has 7 heteroatoms. The minimum atomic E-state index is -3.79. The van der Waals surface area contributed by atoms with Crippen molar-refractivity contribution in [3.63, 3.8) is 0 Å². The normalized spacial score (nSPS) is 18.7. The van der Waals surface area contributed by atoms with Gasteiger partial charge in [0, 0.05) is 49.7 Å². The summed E-state index contributed by atoms with van der Waals surface area (Å²) in [7, 11) is -3.79. The number of anilines is 2. The monoisotopic (exact) mass is 525 g/mol. The van der Waals surface area contributed by atoms with Crippen LogP contribution in [-0.4, -0.2) is 51.1 Å². The standard InChI is InChI=1S/C30H43N3O3S/c1-6-24-7-9-26(10-8-24)33(20-22(2)3)37(35,36)27-11-12-29-28(19-27)30(34)15-18-32(29)21-25-13-16-31(17-14-25)23(4)5/h7-12,19,22,25,30,34H,4,6,13-18,20-21H2,1-3,5H3. The van der Waals surface area contributed by atoms with Crippen molar-refractivity contribution < 1.29 is 13.5 Å². The molecule has 2 aliphatic rings. The lowest BCUT2D eigenvalue weighted by Gasteiger charge is -2.40. The number of aliphatic hydroxyl groups excluding tert-OH is 1. The second-order valence-corrected chi connectivity index (χ2v) is 12.9. The van der Waals surface area contributed by atoms with Crippen molar-refractivity contribution in [3.8, 4) is 0 Å². The molecule has 1 atom stereocenters. The van der Waals surface area contributed by atoms with Gasteiger partial charge in [-0.15, -0.1) is 0 Å². The van der Waals surface area contributed by atoms with Crippen LogP contribution < -0.4 is 9.21 Å². The number of nitrogens with zero attached hydrogens (tertiary/aromatic N) is 3. The molecule has 2 aromatic carbocycles. The third kappa shape index (κ3) is 6.15. The lowest BCUT2D eigenvalue weighted by Crippen LogP contribution is -2.40. The highest BCUT2D eigenvalue weighted by Gasteiger charge is 2.31. The summed E-state index contributed by atoms with van der Waals surface area (Å²) in [6, 6.07) is 13.1. The zero-order chi connectivity index (χ0) is 26.7. The van der Waals surface area contributed by atoms with Crippen LogP contribution in [0.5, 0.6) is 0 Å². The van der Waals surface area contributed by atoms with Crippen LogP contribution in [0.1, 0.15) is 64.2 Å². The number of aryl methyl sites for hydroxylation is 1. The summed E-state index contributed by atoms with van der Waals surface area (Å²) in [4.78, 5) is 4.93. The van der Waals surface area contributed by atoms with Crippen LogP contribution in [0.15, 0.2) is 59.6 Å². The van der Waals surface area contributed by atoms with E-state index in [1.165, 1.54) is 9.87 Å². The molecule has 4 rings (SSSR count). The molecule has 0 spiro atoms. The Morgan fingerprint density at radius 3 is 2.35 bits per heavy atom. The highest BCUT2D eigenvalue weighted by molar-refractivity contribution is 7.92. The van der Waals surface area contributed by atoms with Gasteiger partial charge >= 0.3 is 0 Å². The van der Waals surface area contributed by atoms with Gasteiger partial charge in [-0.3, -0.25) is 4.31 Å². The highest BCUT2D eigenvalue weighted by Crippen LogP contribution is 2.38. The van der Waals surface area contributed by atoms with E-state index in [1.807, 2.05) is 44.2 Å². The molecule has 37 heavy (non-hydrogen) atoms. The summed E-state index contributed by atoms with van der Waals surface area (Å²) in [5.74, 6) is 0.741. The number of hydrogen-bond donors (Lipinski definition) is 1. The number of allylic oxidation sites excluding steroid dienone is 1. The zero-order valence-corrected chi connectivity index (χ0v) is 23.7. The maximum Gasteiger partial charge on any atom is 0.264 e. The molecule has 0 aliphatic carbocycles. The Morgan fingerprint density at radius 1 is 1.08 bits per heavy atom. The van der Waals surface area contributed by atoms with Crippen LogP contribution in [0.25, 0.3) is 0 Å². The number of benzene rings is 2. The van der Waals surface area contributed by atoms with Gasteiger partial charge in [0.15, 0.2) is 0 Å². The summed E-state index contributed by atoms with van der Waals surface area (Å²) in [5, 5.41) is 10.9. The lowest BCUT2D eigenvalue weighted by molar-refractivity contribution is 0.161. The van der Waals surface area contributed by atoms with E-state index in [-0.39, 0.29) is 10.8 Å². The number of likely N-dealkylation sites (tertiary alicyclic amines) is 1. The summed E-state index contributed by atoms with van der Waals surface area (Å²) in [6.07, 6.45) is 3.09. The van der Waals surface area contributed by atoms with E-state index in [1.54, 1.807) is 12.1 Å². The number of aliphatic hydroxyl groups is 1. The van der Waals surface area contributed by atoms with E-state index in [4.69, 9.17) is 0 Å². The molecular formula is C30H43N3O3S. The molecule has 2 heterocycles. The third-order valence-corrected chi connectivity index (χ3v) is 9.55. The second kappa shape index (κ2) is 11.5. The van der Waals surface area contributed by atoms with Crippen LogP contribution >= 0.6 is 0 Å². The Morgan fingerprint density at radius 2 is 1.76 bits per heavy atom. The summed E-state index contributed by atoms with van der Waals surface area (Å²) in [5.41, 5.74) is 4.66. The van der Waals surface area contributed by atoms with E-state index >= 15 is 0 Å². The third-order valence-electron chi connectivity index (χ3n) is 7.76. The number of sulfonamides is 1. The summed E-state index contributed by atoms with van der Waals surface area (Å²) < 4.78 is 29.4. The van der Waals surface area contributed by atoms with Gasteiger partial charge in [0.1, 0.15) is 0 Å². The molecule has 202 valence electrons. The van der Waals surface area contributed by atoms with Crippen LogP contribution in [0, 0.1) is 11.8 Å². The Hall–Kier alpha value is -2.51. The van der Waals surface area contributed by atoms with Gasteiger partial charge in [-0.05, 0) is 80.3 Å². The highest BCUT2D eigenvalue weighted by atomic mass is 32.2. The van der Waals surface area contributed by atoms with E-state index in [2.05, 4.69) is 30.2 Å². The van der Waals surface area contributed by atoms with Crippen molar-refractivity contribution in [3.05, 3.63) is 65.9 Å². The minimum Gasteiger partial charge on any atom is -0.388 e. The van der Waals surface area contributed by atoms with Crippen LogP contribution in [0.3, 0.4) is 0 Å². The van der Waals surface area contributed by atoms with Crippen molar-refractivity contribution in [2.24, 2.45) is 11.8 Å². The quantitative estimate of drug-likeness (QED) is 0.462. The SMILES string of the molecule is C=C(C)N1CCC(CN2CCC(O)c3cc(S(=O)(=O)N(CC(C)C)c4ccc(CC)cc4)ccc32)CC1. The van der Waals surface area contributed by atoms with Gasteiger partial charge in [0.05, 0.1) is 16.7 Å². The predicted molar refractivity (Wildman–Crippen MR) is 153 cm³/mol. The van der Waals surface area contributed by atoms with Crippen molar-refractivity contribution in [2.45, 2.75) is 64.4 Å². The van der Waals surface area contributed by atoms with Gasteiger partial charge < -0.3 is 14.9 Å². The molecular weight excluding hydrogens is 482 g/mol. The summed E-state index contributed by atoms with van der Waals surface area (Å²) >= 11 is 0. The zero-order valence-electron chi connectivity index (χ0n) is 22.9. The van der Waals surface area contributed by atoms with E-state index in [9.17, 15) is 13.5 Å². The lowest BCUT2D eigenvalue weighted by atomic mass is 9.93. The Bertz CT molecular complexity index is 1190. The molecule has 0 saturated carbocycles. The first kappa shape index (κ1) is 27.5. The smallest absolute Gasteiger partial charge is 0.264 e. The molecule has 2 aliphatic heterocycles. The Kier molecular flexibility index (Phi) is 8.54. The van der Waals surface area contributed by atoms with Crippen LogP contribution in [-0.2, 0) is 16.4 Å². The molecule has 1 N–H and O–H groups in total. The van der Waals surface area contributed by atoms with Crippen LogP contribution in [0.2, 0.25) is 0 Å². The van der Waals surface area contributed by atoms with Crippen molar-refractivity contribution in [1.82, 2.24) is 4.90 Å². The second-order valence-electron chi connectivity index (χ2n) is 11.1. The Balaban J connectivity index is 1.59. The van der Waals surface area contributed by atoms with Crippen molar-refractivity contribution in [1.29, 1.82) is 0 Å². The molecule has 2 aromatic rings. The predicted octanol–water partition coefficient (Wildman–Crippen LogP) is 5.59. The largest absolute Gasteiger partial charge is 0.388 e. The van der Waals surface area contributed by atoms with Gasteiger partial charge in [-0.1, -0.05) is 39.5 Å². The molecule has 1 fully saturated rings. The van der Waals surface area contributed by atoms with E-state index in [0.717, 1.165) is 62.4 Å².